The molecule has 0 aliphatic carbocycles. The van der Waals surface area contributed by atoms with Crippen molar-refractivity contribution in [2.45, 2.75) is 33.7 Å². The molecule has 1 rings (SSSR count). The summed E-state index contributed by atoms with van der Waals surface area (Å²) in [4.78, 5) is 13.7. The molecule has 1 aromatic carbocycles. The van der Waals surface area contributed by atoms with Crippen LogP contribution in [0.15, 0.2) is 18.2 Å². The molecule has 1 unspecified atom stereocenters. The molecule has 0 fully saturated rings. The fourth-order valence-electron chi connectivity index (χ4n) is 1.62. The van der Waals surface area contributed by atoms with Crippen LogP contribution in [-0.4, -0.2) is 23.9 Å². The number of carbonyl (C=O) groups is 1. The van der Waals surface area contributed by atoms with E-state index in [0.717, 1.165) is 5.56 Å². The fraction of sp³-hybridized carbons (Fsp3) is 0.500. The normalized spacial score (nSPS) is 12.6. The molecule has 0 N–H and O–H groups in total. The van der Waals surface area contributed by atoms with Gasteiger partial charge in [-0.05, 0) is 37.5 Å². The molecular formula is C14H20FNO. The largest absolute Gasteiger partial charge is 0.339 e. The molecule has 0 aliphatic rings. The lowest BCUT2D eigenvalue weighted by atomic mass is 10.0. The van der Waals surface area contributed by atoms with Crippen LogP contribution in [-0.2, 0) is 0 Å². The van der Waals surface area contributed by atoms with E-state index in [0.29, 0.717) is 5.92 Å². The Hall–Kier alpha value is -1.38. The van der Waals surface area contributed by atoms with Gasteiger partial charge >= 0.3 is 0 Å². The highest BCUT2D eigenvalue weighted by Gasteiger charge is 2.22. The zero-order chi connectivity index (χ0) is 13.2. The van der Waals surface area contributed by atoms with Crippen LogP contribution in [0, 0.1) is 18.7 Å². The van der Waals surface area contributed by atoms with Crippen LogP contribution in [0.4, 0.5) is 4.39 Å². The van der Waals surface area contributed by atoms with Gasteiger partial charge in [0, 0.05) is 13.1 Å². The molecular weight excluding hydrogens is 217 g/mol. The highest BCUT2D eigenvalue weighted by Crippen LogP contribution is 2.16. The Morgan fingerprint density at radius 2 is 1.88 bits per heavy atom. The van der Waals surface area contributed by atoms with Gasteiger partial charge in [-0.15, -0.1) is 0 Å². The molecule has 1 atom stereocenters. The quantitative estimate of drug-likeness (QED) is 0.790. The van der Waals surface area contributed by atoms with Gasteiger partial charge in [-0.3, -0.25) is 4.79 Å². The first-order valence-electron chi connectivity index (χ1n) is 5.88. The molecule has 1 amide bonds. The van der Waals surface area contributed by atoms with E-state index in [9.17, 15) is 9.18 Å². The van der Waals surface area contributed by atoms with E-state index in [4.69, 9.17) is 0 Å². The molecule has 0 radical (unpaired) electrons. The van der Waals surface area contributed by atoms with Crippen molar-refractivity contribution in [1.29, 1.82) is 0 Å². The maximum absolute atomic E-state index is 13.7. The van der Waals surface area contributed by atoms with Gasteiger partial charge in [-0.25, -0.2) is 4.39 Å². The Morgan fingerprint density at radius 3 is 2.35 bits per heavy atom. The molecule has 94 valence electrons. The smallest absolute Gasteiger partial charge is 0.256 e. The lowest BCUT2D eigenvalue weighted by Gasteiger charge is -2.28. The Morgan fingerprint density at radius 1 is 1.29 bits per heavy atom. The number of nitrogens with zero attached hydrogens (tertiary/aromatic N) is 1. The number of amides is 1. The molecule has 1 aromatic rings. The first-order valence-corrected chi connectivity index (χ1v) is 5.88. The van der Waals surface area contributed by atoms with Crippen molar-refractivity contribution in [2.75, 3.05) is 7.05 Å². The molecule has 0 saturated carbocycles. The zero-order valence-corrected chi connectivity index (χ0v) is 11.1. The van der Waals surface area contributed by atoms with Gasteiger partial charge in [0.25, 0.3) is 5.91 Å². The second-order valence-electron chi connectivity index (χ2n) is 4.88. The maximum Gasteiger partial charge on any atom is 0.256 e. The zero-order valence-electron chi connectivity index (χ0n) is 11.1. The van der Waals surface area contributed by atoms with Gasteiger partial charge in [0.1, 0.15) is 5.82 Å². The van der Waals surface area contributed by atoms with Gasteiger partial charge in [0.2, 0.25) is 0 Å². The minimum atomic E-state index is -0.446. The second kappa shape index (κ2) is 5.30. The highest BCUT2D eigenvalue weighted by atomic mass is 19.1. The summed E-state index contributed by atoms with van der Waals surface area (Å²) < 4.78 is 13.7. The third-order valence-corrected chi connectivity index (χ3v) is 3.25. The summed E-state index contributed by atoms with van der Waals surface area (Å²) in [6.45, 7) is 7.85. The molecule has 3 heteroatoms. The molecule has 0 aliphatic heterocycles. The fourth-order valence-corrected chi connectivity index (χ4v) is 1.62. The van der Waals surface area contributed by atoms with Crippen LogP contribution in [0.5, 0.6) is 0 Å². The summed E-state index contributed by atoms with van der Waals surface area (Å²) in [7, 11) is 1.71. The number of benzene rings is 1. The average Bonchev–Trinajstić information content (AvgIpc) is 2.26. The Balaban J connectivity index is 2.96. The van der Waals surface area contributed by atoms with Gasteiger partial charge in [-0.1, -0.05) is 19.9 Å². The predicted octanol–water partition coefficient (Wildman–Crippen LogP) is 3.25. The molecule has 0 saturated heterocycles. The van der Waals surface area contributed by atoms with Crippen molar-refractivity contribution < 1.29 is 9.18 Å². The predicted molar refractivity (Wildman–Crippen MR) is 67.5 cm³/mol. The minimum absolute atomic E-state index is 0.0863. The number of aryl methyl sites for hydroxylation is 1. The Labute approximate surface area is 102 Å². The molecule has 0 heterocycles. The number of carbonyl (C=O) groups excluding carboxylic acids is 1. The van der Waals surface area contributed by atoms with E-state index < -0.39 is 5.82 Å². The Bertz CT molecular complexity index is 415. The van der Waals surface area contributed by atoms with Crippen LogP contribution < -0.4 is 0 Å². The standard InChI is InChI=1S/C14H20FNO/c1-9(2)11(4)16(5)14(17)12-7-6-10(3)8-13(12)15/h6-9,11H,1-5H3. The van der Waals surface area contributed by atoms with Gasteiger partial charge in [-0.2, -0.15) is 0 Å². The molecule has 0 spiro atoms. The van der Waals surface area contributed by atoms with E-state index >= 15 is 0 Å². The third kappa shape index (κ3) is 3.05. The van der Waals surface area contributed by atoms with Crippen LogP contribution in [0.1, 0.15) is 36.7 Å². The molecule has 0 bridgehead atoms. The first-order chi connectivity index (χ1) is 7.84. The van der Waals surface area contributed by atoms with Crippen LogP contribution in [0.2, 0.25) is 0 Å². The summed E-state index contributed by atoms with van der Waals surface area (Å²) >= 11 is 0. The van der Waals surface area contributed by atoms with Crippen LogP contribution in [0.3, 0.4) is 0 Å². The third-order valence-electron chi connectivity index (χ3n) is 3.25. The van der Waals surface area contributed by atoms with Crippen LogP contribution >= 0.6 is 0 Å². The topological polar surface area (TPSA) is 20.3 Å². The number of hydrogen-bond acceptors (Lipinski definition) is 1. The monoisotopic (exact) mass is 237 g/mol. The van der Waals surface area contributed by atoms with Gasteiger partial charge in [0.05, 0.1) is 5.56 Å². The van der Waals surface area contributed by atoms with Crippen molar-refractivity contribution in [2.24, 2.45) is 5.92 Å². The summed E-state index contributed by atoms with van der Waals surface area (Å²) in [5.41, 5.74) is 0.962. The van der Waals surface area contributed by atoms with Crippen LogP contribution in [0.25, 0.3) is 0 Å². The molecule has 17 heavy (non-hydrogen) atoms. The first kappa shape index (κ1) is 13.7. The second-order valence-corrected chi connectivity index (χ2v) is 4.88. The van der Waals surface area contributed by atoms with E-state index in [1.807, 2.05) is 20.8 Å². The number of hydrogen-bond donors (Lipinski definition) is 0. The lowest BCUT2D eigenvalue weighted by molar-refractivity contribution is 0.0702. The SMILES string of the molecule is Cc1ccc(C(=O)N(C)C(C)C(C)C)c(F)c1. The van der Waals surface area contributed by atoms with E-state index in [2.05, 4.69) is 0 Å². The summed E-state index contributed by atoms with van der Waals surface area (Å²) in [6.07, 6.45) is 0. The van der Waals surface area contributed by atoms with E-state index in [1.54, 1.807) is 31.0 Å². The summed E-state index contributed by atoms with van der Waals surface area (Å²) in [5.74, 6) is -0.362. The van der Waals surface area contributed by atoms with Crippen molar-refractivity contribution in [1.82, 2.24) is 4.90 Å². The Kier molecular flexibility index (Phi) is 4.27. The van der Waals surface area contributed by atoms with Crippen molar-refractivity contribution in [3.8, 4) is 0 Å². The minimum Gasteiger partial charge on any atom is -0.339 e. The number of halogens is 1. The average molecular weight is 237 g/mol. The van der Waals surface area contributed by atoms with E-state index in [1.165, 1.54) is 6.07 Å². The summed E-state index contributed by atoms with van der Waals surface area (Å²) in [5, 5.41) is 0. The molecule has 0 aromatic heterocycles. The highest BCUT2D eigenvalue weighted by molar-refractivity contribution is 5.94. The van der Waals surface area contributed by atoms with E-state index in [-0.39, 0.29) is 17.5 Å². The lowest BCUT2D eigenvalue weighted by Crippen LogP contribution is -2.38. The number of rotatable bonds is 3. The molecule has 2 nitrogen and oxygen atoms in total. The van der Waals surface area contributed by atoms with Crippen molar-refractivity contribution in [3.63, 3.8) is 0 Å². The van der Waals surface area contributed by atoms with Gasteiger partial charge in [0.15, 0.2) is 0 Å². The maximum atomic E-state index is 13.7. The van der Waals surface area contributed by atoms with Crippen molar-refractivity contribution >= 4 is 5.91 Å². The van der Waals surface area contributed by atoms with Gasteiger partial charge < -0.3 is 4.90 Å². The van der Waals surface area contributed by atoms with Crippen molar-refractivity contribution in [3.05, 3.63) is 35.1 Å². The summed E-state index contributed by atoms with van der Waals surface area (Å²) in [6, 6.07) is 4.78.